The number of carbonyl (C=O) groups is 1. The standard InChI is InChI=1S/C14H11ClN4O3S/c1-22-7-11-18-19-13(21)10(6-16-14(19)23-11)17-12(20)8-4-2-3-5-9(8)15/h2-6H,7H2,1H3,(H,17,20). The third-order valence-electron chi connectivity index (χ3n) is 2.96. The summed E-state index contributed by atoms with van der Waals surface area (Å²) >= 11 is 7.22. The number of rotatable bonds is 4. The van der Waals surface area contributed by atoms with E-state index in [0.29, 0.717) is 15.0 Å². The molecule has 0 saturated carbocycles. The van der Waals surface area contributed by atoms with Gasteiger partial charge in [-0.3, -0.25) is 9.59 Å². The lowest BCUT2D eigenvalue weighted by molar-refractivity contribution is 0.102. The average Bonchev–Trinajstić information content (AvgIpc) is 2.94. The van der Waals surface area contributed by atoms with Crippen LogP contribution in [0.5, 0.6) is 0 Å². The molecule has 0 unspecified atom stereocenters. The fraction of sp³-hybridized carbons (Fsp3) is 0.143. The van der Waals surface area contributed by atoms with Gasteiger partial charge in [-0.1, -0.05) is 35.1 Å². The number of nitrogens with zero attached hydrogens (tertiary/aromatic N) is 3. The van der Waals surface area contributed by atoms with Gasteiger partial charge in [-0.2, -0.15) is 9.61 Å². The predicted molar refractivity (Wildman–Crippen MR) is 87.3 cm³/mol. The van der Waals surface area contributed by atoms with Crippen LogP contribution >= 0.6 is 22.9 Å². The summed E-state index contributed by atoms with van der Waals surface area (Å²) in [7, 11) is 1.54. The number of methoxy groups -OCH3 is 1. The Morgan fingerprint density at radius 3 is 2.96 bits per heavy atom. The predicted octanol–water partition coefficient (Wildman–Crippen LogP) is 2.20. The molecule has 0 fully saturated rings. The topological polar surface area (TPSA) is 85.6 Å². The van der Waals surface area contributed by atoms with Crippen LogP contribution in [-0.4, -0.2) is 27.6 Å². The van der Waals surface area contributed by atoms with Crippen LogP contribution in [0.15, 0.2) is 35.3 Å². The van der Waals surface area contributed by atoms with E-state index < -0.39 is 11.5 Å². The molecule has 0 aliphatic carbocycles. The molecule has 0 bridgehead atoms. The molecule has 118 valence electrons. The fourth-order valence-electron chi connectivity index (χ4n) is 1.93. The molecule has 2 heterocycles. The van der Waals surface area contributed by atoms with Gasteiger partial charge in [-0.05, 0) is 12.1 Å². The van der Waals surface area contributed by atoms with E-state index in [-0.39, 0.29) is 17.9 Å². The van der Waals surface area contributed by atoms with E-state index in [9.17, 15) is 9.59 Å². The number of amides is 1. The molecule has 23 heavy (non-hydrogen) atoms. The zero-order valence-corrected chi connectivity index (χ0v) is 13.5. The number of carbonyl (C=O) groups excluding carboxylic acids is 1. The summed E-state index contributed by atoms with van der Waals surface area (Å²) in [6.07, 6.45) is 1.31. The Morgan fingerprint density at radius 2 is 2.22 bits per heavy atom. The van der Waals surface area contributed by atoms with Gasteiger partial charge in [-0.15, -0.1) is 0 Å². The third-order valence-corrected chi connectivity index (χ3v) is 4.19. The number of fused-ring (bicyclic) bond motifs is 1. The van der Waals surface area contributed by atoms with Crippen molar-refractivity contribution in [3.8, 4) is 0 Å². The minimum absolute atomic E-state index is 0.0293. The summed E-state index contributed by atoms with van der Waals surface area (Å²) in [6, 6.07) is 6.57. The molecule has 3 aromatic rings. The van der Waals surface area contributed by atoms with Crippen LogP contribution in [0, 0.1) is 0 Å². The van der Waals surface area contributed by atoms with Crippen LogP contribution in [0.4, 0.5) is 5.69 Å². The number of aromatic nitrogens is 3. The van der Waals surface area contributed by atoms with Crippen LogP contribution < -0.4 is 10.9 Å². The Labute approximate surface area is 139 Å². The van der Waals surface area contributed by atoms with E-state index in [1.165, 1.54) is 24.6 Å². The van der Waals surface area contributed by atoms with E-state index >= 15 is 0 Å². The number of hydrogen-bond donors (Lipinski definition) is 1. The Balaban J connectivity index is 1.94. The van der Waals surface area contributed by atoms with Crippen molar-refractivity contribution in [1.29, 1.82) is 0 Å². The first-order valence-electron chi connectivity index (χ1n) is 6.52. The van der Waals surface area contributed by atoms with Crippen molar-refractivity contribution < 1.29 is 9.53 Å². The maximum atomic E-state index is 12.4. The number of nitrogens with one attached hydrogen (secondary N) is 1. The van der Waals surface area contributed by atoms with E-state index in [4.69, 9.17) is 16.3 Å². The number of anilines is 1. The maximum Gasteiger partial charge on any atom is 0.298 e. The highest BCUT2D eigenvalue weighted by atomic mass is 35.5. The van der Waals surface area contributed by atoms with Gasteiger partial charge in [0.1, 0.15) is 10.7 Å². The summed E-state index contributed by atoms with van der Waals surface area (Å²) in [5.41, 5.74) is -0.160. The summed E-state index contributed by atoms with van der Waals surface area (Å²) in [5.74, 6) is -0.484. The molecule has 0 aliphatic heterocycles. The molecule has 0 spiro atoms. The summed E-state index contributed by atoms with van der Waals surface area (Å²) in [6.45, 7) is 0.286. The summed E-state index contributed by atoms with van der Waals surface area (Å²) in [5, 5.41) is 7.55. The first-order valence-corrected chi connectivity index (χ1v) is 7.72. The molecule has 0 aliphatic rings. The Hall–Kier alpha value is -2.29. The maximum absolute atomic E-state index is 12.4. The highest BCUT2D eigenvalue weighted by Crippen LogP contribution is 2.17. The van der Waals surface area contributed by atoms with Crippen molar-refractivity contribution in [1.82, 2.24) is 14.6 Å². The minimum atomic E-state index is -0.484. The molecule has 0 radical (unpaired) electrons. The van der Waals surface area contributed by atoms with Crippen molar-refractivity contribution >= 4 is 39.5 Å². The second-order valence-corrected chi connectivity index (χ2v) is 5.98. The van der Waals surface area contributed by atoms with Crippen LogP contribution in [-0.2, 0) is 11.3 Å². The van der Waals surface area contributed by atoms with Gasteiger partial charge >= 0.3 is 0 Å². The van der Waals surface area contributed by atoms with Gasteiger partial charge in [0.25, 0.3) is 11.5 Å². The molecule has 1 N–H and O–H groups in total. The number of benzene rings is 1. The molecule has 0 atom stereocenters. The first-order chi connectivity index (χ1) is 11.1. The Kier molecular flexibility index (Phi) is 4.37. The van der Waals surface area contributed by atoms with Crippen molar-refractivity contribution in [3.63, 3.8) is 0 Å². The van der Waals surface area contributed by atoms with Crippen LogP contribution in [0.1, 0.15) is 15.4 Å². The van der Waals surface area contributed by atoms with Gasteiger partial charge in [0.15, 0.2) is 0 Å². The van der Waals surface area contributed by atoms with Crippen LogP contribution in [0.2, 0.25) is 5.02 Å². The smallest absolute Gasteiger partial charge is 0.298 e. The lowest BCUT2D eigenvalue weighted by atomic mass is 10.2. The SMILES string of the molecule is COCc1nn2c(=O)c(NC(=O)c3ccccc3Cl)cnc2s1. The summed E-state index contributed by atoms with van der Waals surface area (Å²) in [4.78, 5) is 29.2. The van der Waals surface area contributed by atoms with Gasteiger partial charge < -0.3 is 10.1 Å². The Morgan fingerprint density at radius 1 is 1.43 bits per heavy atom. The number of ether oxygens (including phenoxy) is 1. The number of halogens is 1. The third kappa shape index (κ3) is 3.09. The van der Waals surface area contributed by atoms with Crippen molar-refractivity contribution in [2.75, 3.05) is 12.4 Å². The highest BCUT2D eigenvalue weighted by molar-refractivity contribution is 7.16. The van der Waals surface area contributed by atoms with Crippen molar-refractivity contribution in [2.24, 2.45) is 0 Å². The van der Waals surface area contributed by atoms with Gasteiger partial charge in [0, 0.05) is 7.11 Å². The van der Waals surface area contributed by atoms with E-state index in [1.807, 2.05) is 0 Å². The van der Waals surface area contributed by atoms with Crippen molar-refractivity contribution in [3.05, 3.63) is 56.4 Å². The molecule has 7 nitrogen and oxygen atoms in total. The molecule has 9 heteroatoms. The zero-order valence-electron chi connectivity index (χ0n) is 11.9. The Bertz CT molecular complexity index is 937. The quantitative estimate of drug-likeness (QED) is 0.779. The zero-order chi connectivity index (χ0) is 16.4. The molecular formula is C14H11ClN4O3S. The highest BCUT2D eigenvalue weighted by Gasteiger charge is 2.15. The van der Waals surface area contributed by atoms with E-state index in [1.54, 1.807) is 24.3 Å². The molecule has 3 rings (SSSR count). The second kappa shape index (κ2) is 6.45. The average molecular weight is 351 g/mol. The van der Waals surface area contributed by atoms with Gasteiger partial charge in [0.05, 0.1) is 23.4 Å². The number of hydrogen-bond acceptors (Lipinski definition) is 6. The molecular weight excluding hydrogens is 340 g/mol. The van der Waals surface area contributed by atoms with Gasteiger partial charge in [0.2, 0.25) is 4.96 Å². The minimum Gasteiger partial charge on any atom is -0.377 e. The lowest BCUT2D eigenvalue weighted by Gasteiger charge is -2.05. The van der Waals surface area contributed by atoms with E-state index in [0.717, 1.165) is 4.52 Å². The molecule has 0 saturated heterocycles. The lowest BCUT2D eigenvalue weighted by Crippen LogP contribution is -2.23. The second-order valence-electron chi connectivity index (χ2n) is 4.53. The van der Waals surface area contributed by atoms with Crippen LogP contribution in [0.3, 0.4) is 0 Å². The normalized spacial score (nSPS) is 10.9. The van der Waals surface area contributed by atoms with Crippen LogP contribution in [0.25, 0.3) is 4.96 Å². The largest absolute Gasteiger partial charge is 0.377 e. The van der Waals surface area contributed by atoms with Gasteiger partial charge in [-0.25, -0.2) is 4.98 Å². The monoisotopic (exact) mass is 350 g/mol. The fourth-order valence-corrected chi connectivity index (χ4v) is 2.98. The molecule has 1 aromatic carbocycles. The van der Waals surface area contributed by atoms with Crippen molar-refractivity contribution in [2.45, 2.75) is 6.61 Å². The van der Waals surface area contributed by atoms with E-state index in [2.05, 4.69) is 15.4 Å². The molecule has 2 aromatic heterocycles. The molecule has 1 amide bonds. The first kappa shape index (κ1) is 15.6. The summed E-state index contributed by atoms with van der Waals surface area (Å²) < 4.78 is 6.12.